The molecule has 3 heteroatoms. The van der Waals surface area contributed by atoms with E-state index in [4.69, 9.17) is 9.97 Å². The van der Waals surface area contributed by atoms with E-state index in [-0.39, 0.29) is 5.41 Å². The molecule has 0 saturated heterocycles. The van der Waals surface area contributed by atoms with E-state index in [2.05, 4.69) is 170 Å². The highest BCUT2D eigenvalue weighted by Crippen LogP contribution is 2.50. The summed E-state index contributed by atoms with van der Waals surface area (Å²) >= 11 is 0. The van der Waals surface area contributed by atoms with Crippen LogP contribution in [0.1, 0.15) is 25.0 Å². The SMILES string of the molecule is CC1(C)c2ccccc2-c2ccc(-c3nc(-n4c5cc6ccccc6cc5c5c6ccccc6c6ccccc6c54)nc4ccccc34)cc21. The molecule has 0 aliphatic heterocycles. The van der Waals surface area contributed by atoms with Crippen LogP contribution in [0.4, 0.5) is 0 Å². The topological polar surface area (TPSA) is 30.7 Å². The van der Waals surface area contributed by atoms with E-state index in [0.29, 0.717) is 5.95 Å². The minimum absolute atomic E-state index is 0.110. The van der Waals surface area contributed by atoms with Gasteiger partial charge in [-0.15, -0.1) is 0 Å². The normalized spacial score (nSPS) is 13.6. The van der Waals surface area contributed by atoms with Crippen molar-refractivity contribution in [3.8, 4) is 28.3 Å². The molecule has 10 aromatic rings. The molecule has 2 heterocycles. The second-order valence-electron chi connectivity index (χ2n) is 14.2. The zero-order valence-electron chi connectivity index (χ0n) is 27.8. The van der Waals surface area contributed by atoms with Gasteiger partial charge in [-0.25, -0.2) is 9.97 Å². The van der Waals surface area contributed by atoms with E-state index >= 15 is 0 Å². The molecule has 50 heavy (non-hydrogen) atoms. The van der Waals surface area contributed by atoms with Crippen molar-refractivity contribution in [1.29, 1.82) is 0 Å². The van der Waals surface area contributed by atoms with Crippen molar-refractivity contribution in [1.82, 2.24) is 14.5 Å². The Morgan fingerprint density at radius 1 is 0.480 bits per heavy atom. The van der Waals surface area contributed by atoms with Crippen LogP contribution in [0, 0.1) is 0 Å². The molecule has 0 spiro atoms. The second-order valence-corrected chi connectivity index (χ2v) is 14.2. The van der Waals surface area contributed by atoms with Gasteiger partial charge in [-0.1, -0.05) is 141 Å². The van der Waals surface area contributed by atoms with Crippen LogP contribution in [0.25, 0.3) is 93.4 Å². The maximum absolute atomic E-state index is 5.56. The summed E-state index contributed by atoms with van der Waals surface area (Å²) in [5.74, 6) is 0.678. The highest BCUT2D eigenvalue weighted by atomic mass is 15.2. The van der Waals surface area contributed by atoms with Gasteiger partial charge in [-0.2, -0.15) is 0 Å². The van der Waals surface area contributed by atoms with Gasteiger partial charge in [-0.05, 0) is 73.5 Å². The predicted molar refractivity (Wildman–Crippen MR) is 209 cm³/mol. The zero-order valence-corrected chi connectivity index (χ0v) is 27.8. The Kier molecular flexibility index (Phi) is 5.45. The number of aromatic nitrogens is 3. The van der Waals surface area contributed by atoms with Crippen molar-refractivity contribution in [2.75, 3.05) is 0 Å². The highest BCUT2D eigenvalue weighted by molar-refractivity contribution is 6.32. The fourth-order valence-electron chi connectivity index (χ4n) is 8.81. The second kappa shape index (κ2) is 9.87. The summed E-state index contributed by atoms with van der Waals surface area (Å²) in [5, 5.41) is 10.8. The van der Waals surface area contributed by atoms with Gasteiger partial charge >= 0.3 is 0 Å². The number of hydrogen-bond donors (Lipinski definition) is 0. The molecule has 0 fully saturated rings. The first-order valence-corrected chi connectivity index (χ1v) is 17.3. The number of benzene rings is 8. The van der Waals surface area contributed by atoms with Crippen LogP contribution < -0.4 is 0 Å². The van der Waals surface area contributed by atoms with E-state index in [1.165, 1.54) is 65.3 Å². The maximum atomic E-state index is 5.56. The van der Waals surface area contributed by atoms with Gasteiger partial charge in [0.15, 0.2) is 0 Å². The Morgan fingerprint density at radius 3 is 1.92 bits per heavy atom. The molecule has 2 aromatic heterocycles. The Labute approximate surface area is 289 Å². The van der Waals surface area contributed by atoms with E-state index in [1.54, 1.807) is 0 Å². The van der Waals surface area contributed by atoms with E-state index in [9.17, 15) is 0 Å². The lowest BCUT2D eigenvalue weighted by molar-refractivity contribution is 0.660. The lowest BCUT2D eigenvalue weighted by Gasteiger charge is -2.22. The van der Waals surface area contributed by atoms with E-state index < -0.39 is 0 Å². The van der Waals surface area contributed by atoms with Gasteiger partial charge < -0.3 is 0 Å². The number of para-hydroxylation sites is 1. The van der Waals surface area contributed by atoms with Gasteiger partial charge in [0.2, 0.25) is 5.95 Å². The first kappa shape index (κ1) is 27.6. The Hall–Kier alpha value is -6.32. The molecule has 3 nitrogen and oxygen atoms in total. The third-order valence-electron chi connectivity index (χ3n) is 11.2. The highest BCUT2D eigenvalue weighted by Gasteiger charge is 2.35. The van der Waals surface area contributed by atoms with Crippen molar-refractivity contribution in [2.45, 2.75) is 19.3 Å². The third kappa shape index (κ3) is 3.64. The molecule has 0 amide bonds. The average molecular weight is 638 g/mol. The molecule has 0 unspecified atom stereocenters. The van der Waals surface area contributed by atoms with Crippen LogP contribution in [0.2, 0.25) is 0 Å². The van der Waals surface area contributed by atoms with Crippen molar-refractivity contribution in [2.24, 2.45) is 0 Å². The van der Waals surface area contributed by atoms with Gasteiger partial charge in [0.25, 0.3) is 0 Å². The lowest BCUT2D eigenvalue weighted by Crippen LogP contribution is -2.15. The maximum Gasteiger partial charge on any atom is 0.235 e. The van der Waals surface area contributed by atoms with E-state index in [1.807, 2.05) is 0 Å². The predicted octanol–water partition coefficient (Wildman–Crippen LogP) is 12.2. The van der Waals surface area contributed by atoms with Crippen molar-refractivity contribution in [3.63, 3.8) is 0 Å². The molecule has 234 valence electrons. The first-order chi connectivity index (χ1) is 24.6. The van der Waals surface area contributed by atoms with E-state index in [0.717, 1.165) is 33.2 Å². The number of nitrogens with zero attached hydrogens (tertiary/aromatic N) is 3. The summed E-state index contributed by atoms with van der Waals surface area (Å²) in [7, 11) is 0. The quantitative estimate of drug-likeness (QED) is 0.177. The first-order valence-electron chi connectivity index (χ1n) is 17.3. The molecule has 1 aliphatic rings. The van der Waals surface area contributed by atoms with Gasteiger partial charge in [0.05, 0.1) is 22.2 Å². The van der Waals surface area contributed by atoms with Gasteiger partial charge in [0, 0.05) is 32.5 Å². The van der Waals surface area contributed by atoms with Crippen LogP contribution in [0.5, 0.6) is 0 Å². The smallest absolute Gasteiger partial charge is 0.235 e. The zero-order chi connectivity index (χ0) is 33.1. The molecule has 0 N–H and O–H groups in total. The number of rotatable bonds is 2. The fraction of sp³-hybridized carbons (Fsp3) is 0.0638. The van der Waals surface area contributed by atoms with Crippen LogP contribution >= 0.6 is 0 Å². The summed E-state index contributed by atoms with van der Waals surface area (Å²) in [4.78, 5) is 10.9. The molecule has 0 atom stereocenters. The summed E-state index contributed by atoms with van der Waals surface area (Å²) in [5.41, 5.74) is 10.4. The van der Waals surface area contributed by atoms with Crippen LogP contribution in [0.3, 0.4) is 0 Å². The molecule has 0 saturated carbocycles. The van der Waals surface area contributed by atoms with Gasteiger partial charge in [0.1, 0.15) is 0 Å². The van der Waals surface area contributed by atoms with Gasteiger partial charge in [-0.3, -0.25) is 4.57 Å². The monoisotopic (exact) mass is 637 g/mol. The Bertz CT molecular complexity index is 3070. The molecule has 11 rings (SSSR count). The van der Waals surface area contributed by atoms with Crippen LogP contribution in [-0.2, 0) is 5.41 Å². The van der Waals surface area contributed by atoms with Crippen molar-refractivity contribution in [3.05, 3.63) is 163 Å². The summed E-state index contributed by atoms with van der Waals surface area (Å²) < 4.78 is 2.33. The van der Waals surface area contributed by atoms with Crippen molar-refractivity contribution < 1.29 is 0 Å². The Morgan fingerprint density at radius 2 is 1.10 bits per heavy atom. The molecule has 0 radical (unpaired) electrons. The van der Waals surface area contributed by atoms with Crippen molar-refractivity contribution >= 4 is 65.0 Å². The lowest BCUT2D eigenvalue weighted by atomic mass is 9.82. The average Bonchev–Trinajstić information content (AvgIpc) is 3.62. The number of hydrogen-bond acceptors (Lipinski definition) is 2. The minimum Gasteiger partial charge on any atom is -0.277 e. The molecule has 8 aromatic carbocycles. The minimum atomic E-state index is -0.110. The number of fused-ring (bicyclic) bond motifs is 13. The van der Waals surface area contributed by atoms with Crippen LogP contribution in [0.15, 0.2) is 152 Å². The molecular formula is C47H31N3. The molecule has 1 aliphatic carbocycles. The Balaban J connectivity index is 1.28. The summed E-state index contributed by atoms with van der Waals surface area (Å²) in [6.07, 6.45) is 0. The summed E-state index contributed by atoms with van der Waals surface area (Å²) in [6, 6.07) is 55.1. The standard InChI is InChI=1S/C47H31N3/c1-47(2)39-21-11-9-17-33(39)34-24-23-30(26-40(34)47)44-37-20-10-12-22-41(37)48-46(49-44)50-42-27-29-14-4-3-13-28(29)25-38(42)43-35-18-7-5-15-31(35)32-16-6-8-19-36(32)45(43)50/h3-27H,1-2H3. The fourth-order valence-corrected chi connectivity index (χ4v) is 8.81. The molecule has 0 bridgehead atoms. The third-order valence-corrected chi connectivity index (χ3v) is 11.2. The molecular weight excluding hydrogens is 607 g/mol. The van der Waals surface area contributed by atoms with Crippen LogP contribution in [-0.4, -0.2) is 14.5 Å². The largest absolute Gasteiger partial charge is 0.277 e. The summed E-state index contributed by atoms with van der Waals surface area (Å²) in [6.45, 7) is 4.67.